The molecular formula is C11H10N2OS. The van der Waals surface area contributed by atoms with Crippen molar-refractivity contribution in [3.8, 4) is 0 Å². The highest BCUT2D eigenvalue weighted by Crippen LogP contribution is 2.11. The molecule has 0 aliphatic rings. The SMILES string of the molecule is Cc1ccncc1C(=O)Cc1nccs1. The van der Waals surface area contributed by atoms with Gasteiger partial charge >= 0.3 is 0 Å². The fourth-order valence-corrected chi connectivity index (χ4v) is 1.94. The van der Waals surface area contributed by atoms with Crippen molar-refractivity contribution in [2.45, 2.75) is 13.3 Å². The lowest BCUT2D eigenvalue weighted by Gasteiger charge is -2.01. The van der Waals surface area contributed by atoms with E-state index in [1.54, 1.807) is 18.6 Å². The molecule has 0 amide bonds. The molecule has 0 aromatic carbocycles. The van der Waals surface area contributed by atoms with Gasteiger partial charge in [-0.15, -0.1) is 11.3 Å². The Bertz CT molecular complexity index is 465. The Labute approximate surface area is 91.8 Å². The lowest BCUT2D eigenvalue weighted by atomic mass is 10.1. The van der Waals surface area contributed by atoms with E-state index in [0.29, 0.717) is 12.0 Å². The number of Topliss-reactive ketones (excluding diaryl/α,β-unsaturated/α-hetero) is 1. The Hall–Kier alpha value is -1.55. The molecule has 0 unspecified atom stereocenters. The van der Waals surface area contributed by atoms with E-state index < -0.39 is 0 Å². The van der Waals surface area contributed by atoms with E-state index in [4.69, 9.17) is 0 Å². The Kier molecular flexibility index (Phi) is 2.87. The van der Waals surface area contributed by atoms with E-state index >= 15 is 0 Å². The topological polar surface area (TPSA) is 42.9 Å². The van der Waals surface area contributed by atoms with Crippen LogP contribution < -0.4 is 0 Å². The lowest BCUT2D eigenvalue weighted by Crippen LogP contribution is -2.05. The summed E-state index contributed by atoms with van der Waals surface area (Å²) < 4.78 is 0. The highest BCUT2D eigenvalue weighted by molar-refractivity contribution is 7.09. The molecule has 0 fully saturated rings. The van der Waals surface area contributed by atoms with E-state index in [1.807, 2.05) is 18.4 Å². The molecule has 4 heteroatoms. The maximum atomic E-state index is 11.9. The predicted octanol–water partition coefficient (Wildman–Crippen LogP) is 2.27. The number of thiazole rings is 1. The maximum Gasteiger partial charge on any atom is 0.171 e. The smallest absolute Gasteiger partial charge is 0.171 e. The first-order valence-electron chi connectivity index (χ1n) is 4.59. The molecule has 0 N–H and O–H groups in total. The van der Waals surface area contributed by atoms with Crippen molar-refractivity contribution in [3.05, 3.63) is 46.2 Å². The van der Waals surface area contributed by atoms with E-state index in [1.165, 1.54) is 11.3 Å². The molecule has 0 radical (unpaired) electrons. The Morgan fingerprint density at radius 2 is 2.33 bits per heavy atom. The monoisotopic (exact) mass is 218 g/mol. The number of ketones is 1. The summed E-state index contributed by atoms with van der Waals surface area (Å²) in [6.45, 7) is 1.91. The van der Waals surface area contributed by atoms with Crippen LogP contribution in [0, 0.1) is 6.92 Å². The van der Waals surface area contributed by atoms with Crippen LogP contribution in [0.1, 0.15) is 20.9 Å². The number of aromatic nitrogens is 2. The van der Waals surface area contributed by atoms with Gasteiger partial charge in [0.1, 0.15) is 5.01 Å². The molecule has 15 heavy (non-hydrogen) atoms. The molecule has 2 aromatic heterocycles. The zero-order valence-corrected chi connectivity index (χ0v) is 9.12. The second-order valence-electron chi connectivity index (χ2n) is 3.22. The van der Waals surface area contributed by atoms with Crippen molar-refractivity contribution in [2.75, 3.05) is 0 Å². The molecule has 0 aliphatic carbocycles. The number of hydrogen-bond donors (Lipinski definition) is 0. The van der Waals surface area contributed by atoms with Gasteiger partial charge in [0.25, 0.3) is 0 Å². The Morgan fingerprint density at radius 3 is 3.00 bits per heavy atom. The standard InChI is InChI=1S/C11H10N2OS/c1-8-2-3-12-7-9(8)10(14)6-11-13-4-5-15-11/h2-5,7H,6H2,1H3. The predicted molar refractivity (Wildman–Crippen MR) is 59.1 cm³/mol. The van der Waals surface area contributed by atoms with Crippen LogP contribution in [0.5, 0.6) is 0 Å². The van der Waals surface area contributed by atoms with Gasteiger partial charge in [-0.2, -0.15) is 0 Å². The molecule has 0 aliphatic heterocycles. The van der Waals surface area contributed by atoms with Crippen LogP contribution in [-0.2, 0) is 6.42 Å². The highest BCUT2D eigenvalue weighted by atomic mass is 32.1. The molecule has 0 spiro atoms. The number of aryl methyl sites for hydroxylation is 1. The van der Waals surface area contributed by atoms with Gasteiger partial charge < -0.3 is 0 Å². The van der Waals surface area contributed by atoms with E-state index in [0.717, 1.165) is 10.6 Å². The maximum absolute atomic E-state index is 11.9. The summed E-state index contributed by atoms with van der Waals surface area (Å²) in [7, 11) is 0. The minimum Gasteiger partial charge on any atom is -0.294 e. The molecule has 76 valence electrons. The molecule has 2 heterocycles. The minimum absolute atomic E-state index is 0.0792. The fourth-order valence-electron chi connectivity index (χ4n) is 1.33. The van der Waals surface area contributed by atoms with Crippen LogP contribution in [0.2, 0.25) is 0 Å². The van der Waals surface area contributed by atoms with Gasteiger partial charge in [-0.25, -0.2) is 4.98 Å². The summed E-state index contributed by atoms with van der Waals surface area (Å²) in [5.41, 5.74) is 1.65. The summed E-state index contributed by atoms with van der Waals surface area (Å²) in [4.78, 5) is 19.9. The molecule has 0 bridgehead atoms. The minimum atomic E-state index is 0.0792. The molecule has 0 saturated heterocycles. The number of pyridine rings is 1. The van der Waals surface area contributed by atoms with E-state index in [2.05, 4.69) is 9.97 Å². The van der Waals surface area contributed by atoms with Crippen LogP contribution >= 0.6 is 11.3 Å². The zero-order valence-electron chi connectivity index (χ0n) is 8.30. The van der Waals surface area contributed by atoms with Crippen molar-refractivity contribution in [1.82, 2.24) is 9.97 Å². The summed E-state index contributed by atoms with van der Waals surface area (Å²) >= 11 is 1.50. The molecule has 0 atom stereocenters. The highest BCUT2D eigenvalue weighted by Gasteiger charge is 2.10. The summed E-state index contributed by atoms with van der Waals surface area (Å²) in [6.07, 6.45) is 5.38. The first-order chi connectivity index (χ1) is 7.27. The van der Waals surface area contributed by atoms with Crippen molar-refractivity contribution in [2.24, 2.45) is 0 Å². The second kappa shape index (κ2) is 4.31. The summed E-state index contributed by atoms with van der Waals surface area (Å²) in [6, 6.07) is 1.84. The molecule has 3 nitrogen and oxygen atoms in total. The van der Waals surface area contributed by atoms with Crippen LogP contribution in [0.4, 0.5) is 0 Å². The molecule has 2 rings (SSSR count). The van der Waals surface area contributed by atoms with Gasteiger partial charge in [0.2, 0.25) is 0 Å². The van der Waals surface area contributed by atoms with Crippen LogP contribution in [0.15, 0.2) is 30.0 Å². The fraction of sp³-hybridized carbons (Fsp3) is 0.182. The number of carbonyl (C=O) groups is 1. The average molecular weight is 218 g/mol. The summed E-state index contributed by atoms with van der Waals surface area (Å²) in [5, 5.41) is 2.72. The lowest BCUT2D eigenvalue weighted by molar-refractivity contribution is 0.0992. The first kappa shape index (κ1) is 9.98. The van der Waals surface area contributed by atoms with Crippen molar-refractivity contribution >= 4 is 17.1 Å². The van der Waals surface area contributed by atoms with E-state index in [-0.39, 0.29) is 5.78 Å². The molecule has 0 saturated carbocycles. The van der Waals surface area contributed by atoms with Gasteiger partial charge in [0.05, 0.1) is 6.42 Å². The van der Waals surface area contributed by atoms with Gasteiger partial charge in [0, 0.05) is 29.5 Å². The quantitative estimate of drug-likeness (QED) is 0.742. The van der Waals surface area contributed by atoms with Gasteiger partial charge in [-0.3, -0.25) is 9.78 Å². The second-order valence-corrected chi connectivity index (χ2v) is 4.20. The number of rotatable bonds is 3. The van der Waals surface area contributed by atoms with Crippen molar-refractivity contribution < 1.29 is 4.79 Å². The molecule has 2 aromatic rings. The van der Waals surface area contributed by atoms with Crippen LogP contribution in [0.25, 0.3) is 0 Å². The molecular weight excluding hydrogens is 208 g/mol. The number of hydrogen-bond acceptors (Lipinski definition) is 4. The third-order valence-corrected chi connectivity index (χ3v) is 2.91. The number of nitrogens with zero attached hydrogens (tertiary/aromatic N) is 2. The largest absolute Gasteiger partial charge is 0.294 e. The Morgan fingerprint density at radius 1 is 1.47 bits per heavy atom. The average Bonchev–Trinajstić information content (AvgIpc) is 2.71. The third-order valence-electron chi connectivity index (χ3n) is 2.13. The third kappa shape index (κ3) is 2.27. The van der Waals surface area contributed by atoms with Gasteiger partial charge in [0.15, 0.2) is 5.78 Å². The van der Waals surface area contributed by atoms with Crippen molar-refractivity contribution in [3.63, 3.8) is 0 Å². The van der Waals surface area contributed by atoms with Gasteiger partial charge in [-0.1, -0.05) is 0 Å². The Balaban J connectivity index is 2.19. The first-order valence-corrected chi connectivity index (χ1v) is 5.47. The summed E-state index contributed by atoms with van der Waals surface area (Å²) in [5.74, 6) is 0.0792. The van der Waals surface area contributed by atoms with E-state index in [9.17, 15) is 4.79 Å². The van der Waals surface area contributed by atoms with Crippen molar-refractivity contribution in [1.29, 1.82) is 0 Å². The van der Waals surface area contributed by atoms with Gasteiger partial charge in [-0.05, 0) is 18.6 Å². The van der Waals surface area contributed by atoms with Crippen LogP contribution in [0.3, 0.4) is 0 Å². The normalized spacial score (nSPS) is 10.2. The zero-order chi connectivity index (χ0) is 10.7. The van der Waals surface area contributed by atoms with Crippen LogP contribution in [-0.4, -0.2) is 15.8 Å². The number of carbonyl (C=O) groups excluding carboxylic acids is 1.